The molecule has 4 nitrogen and oxygen atoms in total. The van der Waals surface area contributed by atoms with E-state index in [1.54, 1.807) is 0 Å². The molecule has 4 heteroatoms. The van der Waals surface area contributed by atoms with Crippen molar-refractivity contribution in [2.45, 2.75) is 32.3 Å². The van der Waals surface area contributed by atoms with Gasteiger partial charge in [-0.25, -0.2) is 0 Å². The number of ether oxygens (including phenoxy) is 3. The topological polar surface area (TPSA) is 47.9 Å². The van der Waals surface area contributed by atoms with Gasteiger partial charge >= 0.3 is 0 Å². The summed E-state index contributed by atoms with van der Waals surface area (Å²) in [6, 6.07) is 7.58. The van der Waals surface area contributed by atoms with Crippen LogP contribution in [0.25, 0.3) is 0 Å². The van der Waals surface area contributed by atoms with E-state index in [1.807, 2.05) is 24.3 Å². The average molecular weight is 294 g/mol. The molecule has 0 aliphatic carbocycles. The fourth-order valence-corrected chi connectivity index (χ4v) is 2.36. The third kappa shape index (κ3) is 5.65. The van der Waals surface area contributed by atoms with Crippen molar-refractivity contribution >= 4 is 0 Å². The van der Waals surface area contributed by atoms with E-state index < -0.39 is 6.10 Å². The van der Waals surface area contributed by atoms with Crippen LogP contribution in [0, 0.1) is 5.92 Å². The first-order chi connectivity index (χ1) is 10.3. The van der Waals surface area contributed by atoms with Crippen LogP contribution in [0.1, 0.15) is 37.9 Å². The minimum absolute atomic E-state index is 0.340. The van der Waals surface area contributed by atoms with Gasteiger partial charge in [-0.1, -0.05) is 19.1 Å². The number of aliphatic hydroxyl groups is 1. The Hall–Kier alpha value is -1.10. The van der Waals surface area contributed by atoms with Gasteiger partial charge in [-0.3, -0.25) is 0 Å². The SMILES string of the molecule is CCCOc1ccc(C(O)COCC2CCOCC2)cc1. The van der Waals surface area contributed by atoms with Crippen molar-refractivity contribution in [2.75, 3.05) is 33.0 Å². The molecule has 1 aromatic rings. The van der Waals surface area contributed by atoms with Gasteiger partial charge in [0.15, 0.2) is 0 Å². The van der Waals surface area contributed by atoms with Crippen molar-refractivity contribution in [1.29, 1.82) is 0 Å². The molecule has 1 fully saturated rings. The summed E-state index contributed by atoms with van der Waals surface area (Å²) in [5.41, 5.74) is 0.867. The third-order valence-corrected chi connectivity index (χ3v) is 3.71. The molecule has 21 heavy (non-hydrogen) atoms. The number of hydrogen-bond acceptors (Lipinski definition) is 4. The highest BCUT2D eigenvalue weighted by Gasteiger charge is 2.15. The normalized spacial score (nSPS) is 17.6. The van der Waals surface area contributed by atoms with E-state index in [-0.39, 0.29) is 0 Å². The first-order valence-electron chi connectivity index (χ1n) is 7.86. The second-order valence-corrected chi connectivity index (χ2v) is 5.53. The lowest BCUT2D eigenvalue weighted by atomic mass is 10.0. The quantitative estimate of drug-likeness (QED) is 0.801. The first kappa shape index (κ1) is 16.3. The van der Waals surface area contributed by atoms with E-state index in [1.165, 1.54) is 0 Å². The number of hydrogen-bond donors (Lipinski definition) is 1. The van der Waals surface area contributed by atoms with Gasteiger partial charge in [-0.2, -0.15) is 0 Å². The lowest BCUT2D eigenvalue weighted by molar-refractivity contribution is -0.00966. The van der Waals surface area contributed by atoms with Crippen LogP contribution in [0.4, 0.5) is 0 Å². The van der Waals surface area contributed by atoms with Crippen LogP contribution in [-0.4, -0.2) is 38.1 Å². The number of benzene rings is 1. The zero-order valence-electron chi connectivity index (χ0n) is 12.8. The predicted octanol–water partition coefficient (Wildman–Crippen LogP) is 2.95. The summed E-state index contributed by atoms with van der Waals surface area (Å²) < 4.78 is 16.5. The maximum Gasteiger partial charge on any atom is 0.119 e. The monoisotopic (exact) mass is 294 g/mol. The van der Waals surface area contributed by atoms with E-state index >= 15 is 0 Å². The molecule has 1 aromatic carbocycles. The number of aliphatic hydroxyl groups excluding tert-OH is 1. The summed E-state index contributed by atoms with van der Waals surface area (Å²) in [6.45, 7) is 5.50. The molecule has 2 rings (SSSR count). The van der Waals surface area contributed by atoms with Gasteiger partial charge in [0.25, 0.3) is 0 Å². The zero-order chi connectivity index (χ0) is 14.9. The molecule has 0 amide bonds. The molecule has 1 aliphatic heterocycles. The molecule has 0 spiro atoms. The van der Waals surface area contributed by atoms with Gasteiger partial charge < -0.3 is 19.3 Å². The highest BCUT2D eigenvalue weighted by atomic mass is 16.5. The van der Waals surface area contributed by atoms with Gasteiger partial charge in [0, 0.05) is 19.8 Å². The van der Waals surface area contributed by atoms with Crippen molar-refractivity contribution in [2.24, 2.45) is 5.92 Å². The second kappa shape index (κ2) is 9.03. The standard InChI is InChI=1S/C17H26O4/c1-2-9-21-16-5-3-15(4-6-16)17(18)13-20-12-14-7-10-19-11-8-14/h3-6,14,17-18H,2,7-13H2,1H3. The molecule has 0 radical (unpaired) electrons. The third-order valence-electron chi connectivity index (χ3n) is 3.71. The largest absolute Gasteiger partial charge is 0.494 e. The fraction of sp³-hybridized carbons (Fsp3) is 0.647. The van der Waals surface area contributed by atoms with Gasteiger partial charge in [0.2, 0.25) is 0 Å². The van der Waals surface area contributed by atoms with Gasteiger partial charge in [0.1, 0.15) is 11.9 Å². The number of rotatable bonds is 8. The molecule has 1 unspecified atom stereocenters. The van der Waals surface area contributed by atoms with Crippen molar-refractivity contribution in [3.63, 3.8) is 0 Å². The van der Waals surface area contributed by atoms with E-state index in [4.69, 9.17) is 14.2 Å². The Morgan fingerprint density at radius 2 is 1.95 bits per heavy atom. The molecule has 1 atom stereocenters. The van der Waals surface area contributed by atoms with Crippen LogP contribution in [0.3, 0.4) is 0 Å². The predicted molar refractivity (Wildman–Crippen MR) is 81.5 cm³/mol. The van der Waals surface area contributed by atoms with Gasteiger partial charge in [0.05, 0.1) is 13.2 Å². The summed E-state index contributed by atoms with van der Waals surface area (Å²) >= 11 is 0. The smallest absolute Gasteiger partial charge is 0.119 e. The summed E-state index contributed by atoms with van der Waals surface area (Å²) in [7, 11) is 0. The van der Waals surface area contributed by atoms with Gasteiger partial charge in [-0.05, 0) is 42.9 Å². The minimum atomic E-state index is -0.579. The molecular formula is C17H26O4. The summed E-state index contributed by atoms with van der Waals surface area (Å²) in [4.78, 5) is 0. The Morgan fingerprint density at radius 1 is 1.24 bits per heavy atom. The van der Waals surface area contributed by atoms with Crippen LogP contribution in [0.15, 0.2) is 24.3 Å². The van der Waals surface area contributed by atoms with E-state index in [0.717, 1.165) is 50.4 Å². The molecule has 0 bridgehead atoms. The zero-order valence-corrected chi connectivity index (χ0v) is 12.8. The first-order valence-corrected chi connectivity index (χ1v) is 7.86. The van der Waals surface area contributed by atoms with Crippen LogP contribution in [-0.2, 0) is 9.47 Å². The molecule has 1 heterocycles. The molecule has 118 valence electrons. The molecular weight excluding hydrogens is 268 g/mol. The van der Waals surface area contributed by atoms with Crippen LogP contribution < -0.4 is 4.74 Å². The van der Waals surface area contributed by atoms with Gasteiger partial charge in [-0.15, -0.1) is 0 Å². The van der Waals surface area contributed by atoms with E-state index in [9.17, 15) is 5.11 Å². The lowest BCUT2D eigenvalue weighted by Crippen LogP contribution is -2.21. The second-order valence-electron chi connectivity index (χ2n) is 5.53. The van der Waals surface area contributed by atoms with E-state index in [0.29, 0.717) is 19.1 Å². The summed E-state index contributed by atoms with van der Waals surface area (Å²) in [6.07, 6.45) is 2.52. The fourth-order valence-electron chi connectivity index (χ4n) is 2.36. The Morgan fingerprint density at radius 3 is 2.62 bits per heavy atom. The highest BCUT2D eigenvalue weighted by molar-refractivity contribution is 5.28. The van der Waals surface area contributed by atoms with E-state index in [2.05, 4.69) is 6.92 Å². The van der Waals surface area contributed by atoms with Crippen LogP contribution in [0.2, 0.25) is 0 Å². The highest BCUT2D eigenvalue weighted by Crippen LogP contribution is 2.20. The van der Waals surface area contributed by atoms with Crippen LogP contribution >= 0.6 is 0 Å². The average Bonchev–Trinajstić information content (AvgIpc) is 2.54. The summed E-state index contributed by atoms with van der Waals surface area (Å²) in [5, 5.41) is 10.1. The van der Waals surface area contributed by atoms with Crippen molar-refractivity contribution < 1.29 is 19.3 Å². The Kier molecular flexibility index (Phi) is 7.00. The molecule has 1 aliphatic rings. The molecule has 1 saturated heterocycles. The summed E-state index contributed by atoms with van der Waals surface area (Å²) in [5.74, 6) is 1.41. The Labute approximate surface area is 127 Å². The van der Waals surface area contributed by atoms with Crippen LogP contribution in [0.5, 0.6) is 5.75 Å². The molecule has 0 aromatic heterocycles. The maximum atomic E-state index is 10.1. The van der Waals surface area contributed by atoms with Crippen molar-refractivity contribution in [1.82, 2.24) is 0 Å². The molecule has 1 N–H and O–H groups in total. The van der Waals surface area contributed by atoms with Crippen molar-refractivity contribution in [3.05, 3.63) is 29.8 Å². The maximum absolute atomic E-state index is 10.1. The minimum Gasteiger partial charge on any atom is -0.494 e. The lowest BCUT2D eigenvalue weighted by Gasteiger charge is -2.22. The molecule has 0 saturated carbocycles. The Bertz CT molecular complexity index is 384. The Balaban J connectivity index is 1.70. The van der Waals surface area contributed by atoms with Crippen molar-refractivity contribution in [3.8, 4) is 5.75 Å².